The van der Waals surface area contributed by atoms with Crippen LogP contribution in [-0.4, -0.2) is 27.6 Å². The van der Waals surface area contributed by atoms with Gasteiger partial charge in [-0.05, 0) is 18.9 Å². The molecule has 1 aromatic rings. The summed E-state index contributed by atoms with van der Waals surface area (Å²) >= 11 is 0. The molecule has 0 aromatic carbocycles. The number of aromatic carboxylic acids is 1. The molecule has 5 heteroatoms. The molecule has 0 spiro atoms. The Kier molecular flexibility index (Phi) is 3.46. The first-order valence-corrected chi connectivity index (χ1v) is 5.50. The molecule has 16 heavy (non-hydrogen) atoms. The highest BCUT2D eigenvalue weighted by Gasteiger charge is 2.20. The van der Waals surface area contributed by atoms with Gasteiger partial charge in [-0.3, -0.25) is 0 Å². The maximum Gasteiger partial charge on any atom is 0.339 e. The lowest BCUT2D eigenvalue weighted by atomic mass is 10.2. The average molecular weight is 221 g/mol. The number of carboxylic acids is 1. The number of carbonyl (C=O) groups is 1. The van der Waals surface area contributed by atoms with E-state index in [-0.39, 0.29) is 5.56 Å². The van der Waals surface area contributed by atoms with Gasteiger partial charge in [0.1, 0.15) is 11.9 Å². The normalized spacial score (nSPS) is 15.0. The minimum atomic E-state index is -0.973. The van der Waals surface area contributed by atoms with E-state index in [2.05, 4.69) is 15.3 Å². The fraction of sp³-hybridized carbons (Fsp3) is 0.545. The van der Waals surface area contributed by atoms with Gasteiger partial charge in [-0.25, -0.2) is 14.8 Å². The molecular weight excluding hydrogens is 206 g/mol. The van der Waals surface area contributed by atoms with Crippen molar-refractivity contribution in [1.29, 1.82) is 0 Å². The largest absolute Gasteiger partial charge is 0.478 e. The highest BCUT2D eigenvalue weighted by Crippen LogP contribution is 2.31. The molecule has 0 radical (unpaired) electrons. The molecule has 1 heterocycles. The third-order valence-corrected chi connectivity index (χ3v) is 2.74. The van der Waals surface area contributed by atoms with Crippen molar-refractivity contribution in [2.75, 3.05) is 6.54 Å². The van der Waals surface area contributed by atoms with Crippen LogP contribution in [0, 0.1) is 5.92 Å². The number of aromatic nitrogens is 2. The molecular formula is C11H15N3O2. The van der Waals surface area contributed by atoms with Crippen LogP contribution in [0.2, 0.25) is 0 Å². The number of nitrogens with zero attached hydrogens (tertiary/aromatic N) is 2. The lowest BCUT2D eigenvalue weighted by Gasteiger charge is -2.05. The Morgan fingerprint density at radius 1 is 1.56 bits per heavy atom. The van der Waals surface area contributed by atoms with Crippen LogP contribution >= 0.6 is 0 Å². The Bertz CT molecular complexity index is 377. The quantitative estimate of drug-likeness (QED) is 0.703. The van der Waals surface area contributed by atoms with Crippen LogP contribution in [0.15, 0.2) is 12.5 Å². The van der Waals surface area contributed by atoms with Gasteiger partial charge in [0.25, 0.3) is 0 Å². The monoisotopic (exact) mass is 221 g/mol. The Labute approximate surface area is 93.9 Å². The predicted octanol–water partition coefficient (Wildman–Crippen LogP) is 1.06. The van der Waals surface area contributed by atoms with Gasteiger partial charge in [-0.15, -0.1) is 0 Å². The molecule has 1 aromatic heterocycles. The lowest BCUT2D eigenvalue weighted by Crippen LogP contribution is -2.18. The first kappa shape index (κ1) is 11.0. The molecule has 86 valence electrons. The van der Waals surface area contributed by atoms with E-state index in [4.69, 9.17) is 5.11 Å². The fourth-order valence-electron chi connectivity index (χ4n) is 1.59. The van der Waals surface area contributed by atoms with E-state index in [1.807, 2.05) is 0 Å². The second kappa shape index (κ2) is 5.03. The van der Waals surface area contributed by atoms with Crippen LogP contribution in [0.25, 0.3) is 0 Å². The SMILES string of the molecule is O=C(O)c1cncnc1CNCCC1CC1. The van der Waals surface area contributed by atoms with E-state index in [9.17, 15) is 4.79 Å². The van der Waals surface area contributed by atoms with E-state index in [0.717, 1.165) is 12.5 Å². The maximum absolute atomic E-state index is 10.9. The van der Waals surface area contributed by atoms with Gasteiger partial charge >= 0.3 is 5.97 Å². The number of carboxylic acid groups (broad SMARTS) is 1. The van der Waals surface area contributed by atoms with Crippen LogP contribution in [0.3, 0.4) is 0 Å². The summed E-state index contributed by atoms with van der Waals surface area (Å²) in [5.74, 6) is -0.0866. The van der Waals surface area contributed by atoms with Crippen LogP contribution in [0.1, 0.15) is 35.3 Å². The summed E-state index contributed by atoms with van der Waals surface area (Å²) in [6.07, 6.45) is 6.58. The zero-order valence-electron chi connectivity index (χ0n) is 9.02. The van der Waals surface area contributed by atoms with Crippen molar-refractivity contribution in [2.45, 2.75) is 25.8 Å². The molecule has 2 N–H and O–H groups in total. The van der Waals surface area contributed by atoms with Crippen molar-refractivity contribution in [3.63, 3.8) is 0 Å². The minimum absolute atomic E-state index is 0.182. The van der Waals surface area contributed by atoms with E-state index >= 15 is 0 Å². The van der Waals surface area contributed by atoms with Gasteiger partial charge in [-0.2, -0.15) is 0 Å². The van der Waals surface area contributed by atoms with Crippen molar-refractivity contribution in [2.24, 2.45) is 5.92 Å². The average Bonchev–Trinajstić information content (AvgIpc) is 3.08. The van der Waals surface area contributed by atoms with Gasteiger partial charge in [0, 0.05) is 12.7 Å². The van der Waals surface area contributed by atoms with Gasteiger partial charge in [-0.1, -0.05) is 12.8 Å². The number of hydrogen-bond acceptors (Lipinski definition) is 4. The summed E-state index contributed by atoms with van der Waals surface area (Å²) in [6.45, 7) is 1.42. The fourth-order valence-corrected chi connectivity index (χ4v) is 1.59. The molecule has 5 nitrogen and oxygen atoms in total. The van der Waals surface area contributed by atoms with Crippen molar-refractivity contribution < 1.29 is 9.90 Å². The standard InChI is InChI=1S/C11H15N3O2/c15-11(16)9-5-13-7-14-10(9)6-12-4-3-8-1-2-8/h5,7-8,12H,1-4,6H2,(H,15,16). The first-order valence-electron chi connectivity index (χ1n) is 5.50. The summed E-state index contributed by atoms with van der Waals surface area (Å²) in [7, 11) is 0. The number of rotatable bonds is 6. The third kappa shape index (κ3) is 3.00. The van der Waals surface area contributed by atoms with E-state index in [1.165, 1.54) is 31.8 Å². The molecule has 1 saturated carbocycles. The van der Waals surface area contributed by atoms with Gasteiger partial charge in [0.15, 0.2) is 0 Å². The van der Waals surface area contributed by atoms with Crippen LogP contribution in [-0.2, 0) is 6.54 Å². The topological polar surface area (TPSA) is 75.1 Å². The van der Waals surface area contributed by atoms with E-state index in [0.29, 0.717) is 12.2 Å². The minimum Gasteiger partial charge on any atom is -0.478 e. The smallest absolute Gasteiger partial charge is 0.339 e. The van der Waals surface area contributed by atoms with Crippen molar-refractivity contribution in [3.8, 4) is 0 Å². The Morgan fingerprint density at radius 3 is 3.06 bits per heavy atom. The summed E-state index contributed by atoms with van der Waals surface area (Å²) in [6, 6.07) is 0. The molecule has 1 aliphatic carbocycles. The molecule has 0 saturated heterocycles. The van der Waals surface area contributed by atoms with Crippen LogP contribution < -0.4 is 5.32 Å². The van der Waals surface area contributed by atoms with Gasteiger partial charge in [0.05, 0.1) is 5.69 Å². The van der Waals surface area contributed by atoms with Crippen LogP contribution in [0.4, 0.5) is 0 Å². The Balaban J connectivity index is 1.84. The van der Waals surface area contributed by atoms with Gasteiger partial charge < -0.3 is 10.4 Å². The second-order valence-corrected chi connectivity index (χ2v) is 4.10. The number of nitrogens with one attached hydrogen (secondary N) is 1. The molecule has 0 bridgehead atoms. The predicted molar refractivity (Wildman–Crippen MR) is 58.0 cm³/mol. The maximum atomic E-state index is 10.9. The highest BCUT2D eigenvalue weighted by atomic mass is 16.4. The van der Waals surface area contributed by atoms with Gasteiger partial charge in [0.2, 0.25) is 0 Å². The van der Waals surface area contributed by atoms with Crippen molar-refractivity contribution >= 4 is 5.97 Å². The lowest BCUT2D eigenvalue weighted by molar-refractivity contribution is 0.0694. The summed E-state index contributed by atoms with van der Waals surface area (Å²) in [5, 5.41) is 12.1. The van der Waals surface area contributed by atoms with Crippen LogP contribution in [0.5, 0.6) is 0 Å². The second-order valence-electron chi connectivity index (χ2n) is 4.10. The zero-order valence-corrected chi connectivity index (χ0v) is 9.02. The first-order chi connectivity index (χ1) is 7.77. The zero-order chi connectivity index (χ0) is 11.4. The van der Waals surface area contributed by atoms with Crippen molar-refractivity contribution in [1.82, 2.24) is 15.3 Å². The molecule has 1 fully saturated rings. The summed E-state index contributed by atoms with van der Waals surface area (Å²) in [4.78, 5) is 18.6. The molecule has 0 unspecified atom stereocenters. The van der Waals surface area contributed by atoms with E-state index in [1.54, 1.807) is 0 Å². The summed E-state index contributed by atoms with van der Waals surface area (Å²) in [5.41, 5.74) is 0.736. The Hall–Kier alpha value is -1.49. The van der Waals surface area contributed by atoms with E-state index < -0.39 is 5.97 Å². The Morgan fingerprint density at radius 2 is 2.38 bits per heavy atom. The highest BCUT2D eigenvalue weighted by molar-refractivity contribution is 5.88. The molecule has 1 aliphatic rings. The molecule has 2 rings (SSSR count). The molecule has 0 aliphatic heterocycles. The molecule has 0 atom stereocenters. The molecule has 0 amide bonds. The number of hydrogen-bond donors (Lipinski definition) is 2. The third-order valence-electron chi connectivity index (χ3n) is 2.74. The summed E-state index contributed by atoms with van der Waals surface area (Å²) < 4.78 is 0. The van der Waals surface area contributed by atoms with Crippen molar-refractivity contribution in [3.05, 3.63) is 23.8 Å².